The van der Waals surface area contributed by atoms with Gasteiger partial charge in [-0.3, -0.25) is 24.0 Å². The summed E-state index contributed by atoms with van der Waals surface area (Å²) >= 11 is 0. The number of esters is 4. The highest BCUT2D eigenvalue weighted by Gasteiger charge is 2.56. The highest BCUT2D eigenvalue weighted by molar-refractivity contribution is 5.90. The van der Waals surface area contributed by atoms with Gasteiger partial charge < -0.3 is 28.6 Å². The van der Waals surface area contributed by atoms with Crippen molar-refractivity contribution in [1.29, 1.82) is 0 Å². The van der Waals surface area contributed by atoms with Gasteiger partial charge in [0.2, 0.25) is 0 Å². The lowest BCUT2D eigenvalue weighted by Gasteiger charge is -2.50. The number of ether oxygens (including phenoxy) is 5. The maximum Gasteiger partial charge on any atom is 0.311 e. The number of nitrogens with zero attached hydrogens (tertiary/aromatic N) is 1. The summed E-state index contributed by atoms with van der Waals surface area (Å²) < 4.78 is 31.0. The Kier molecular flexibility index (Phi) is 16.4. The largest absolute Gasteiger partial charge is 0.462 e. The van der Waals surface area contributed by atoms with Crippen LogP contribution in [0.4, 0.5) is 0 Å². The SMILES string of the molecule is CCCCCCCCCC[C@@H]1CC(=O)C=CN1[C@@H]1O[C@H](COC(=O)C(C)(C)C)[C@H](OC(=O)C(C)(C)C)[C@H](OC(=O)C(C)(C)C)[C@H]1OC(=O)C(C)(C)C. The van der Waals surface area contributed by atoms with Crippen molar-refractivity contribution in [3.8, 4) is 0 Å². The van der Waals surface area contributed by atoms with E-state index in [-0.39, 0.29) is 24.9 Å². The van der Waals surface area contributed by atoms with E-state index in [2.05, 4.69) is 6.92 Å². The molecule has 298 valence electrons. The average molecular weight is 736 g/mol. The Bertz CT molecular complexity index is 1250. The van der Waals surface area contributed by atoms with Crippen LogP contribution in [0.5, 0.6) is 0 Å². The Morgan fingerprint density at radius 1 is 0.654 bits per heavy atom. The van der Waals surface area contributed by atoms with Crippen LogP contribution in [0.2, 0.25) is 0 Å². The van der Waals surface area contributed by atoms with E-state index in [1.165, 1.54) is 31.8 Å². The monoisotopic (exact) mass is 735 g/mol. The minimum atomic E-state index is -1.35. The molecule has 0 unspecified atom stereocenters. The lowest BCUT2D eigenvalue weighted by atomic mass is 9.91. The minimum Gasteiger partial charge on any atom is -0.462 e. The summed E-state index contributed by atoms with van der Waals surface area (Å²) in [6, 6.07) is -0.316. The highest BCUT2D eigenvalue weighted by Crippen LogP contribution is 2.37. The number of carbonyl (C=O) groups excluding carboxylic acids is 5. The van der Waals surface area contributed by atoms with E-state index in [4.69, 9.17) is 23.7 Å². The van der Waals surface area contributed by atoms with Gasteiger partial charge in [-0.2, -0.15) is 0 Å². The van der Waals surface area contributed by atoms with Crippen LogP contribution in [-0.2, 0) is 47.7 Å². The molecule has 0 aromatic carbocycles. The zero-order valence-electron chi connectivity index (χ0n) is 34.4. The average Bonchev–Trinajstić information content (AvgIpc) is 3.01. The van der Waals surface area contributed by atoms with Gasteiger partial charge in [-0.25, -0.2) is 0 Å². The van der Waals surface area contributed by atoms with Gasteiger partial charge in [-0.05, 0) is 95.6 Å². The van der Waals surface area contributed by atoms with Gasteiger partial charge >= 0.3 is 23.9 Å². The maximum absolute atomic E-state index is 13.7. The third-order valence-electron chi connectivity index (χ3n) is 9.14. The van der Waals surface area contributed by atoms with Crippen molar-refractivity contribution in [1.82, 2.24) is 4.90 Å². The summed E-state index contributed by atoms with van der Waals surface area (Å²) in [7, 11) is 0. The molecule has 1 fully saturated rings. The Hall–Kier alpha value is -2.95. The first kappa shape index (κ1) is 45.2. The van der Waals surface area contributed by atoms with Gasteiger partial charge in [0.05, 0.1) is 21.7 Å². The Labute approximate surface area is 313 Å². The van der Waals surface area contributed by atoms with Crippen LogP contribution < -0.4 is 0 Å². The molecule has 52 heavy (non-hydrogen) atoms. The van der Waals surface area contributed by atoms with Crippen molar-refractivity contribution in [2.24, 2.45) is 21.7 Å². The molecule has 2 aliphatic rings. The van der Waals surface area contributed by atoms with E-state index in [0.717, 1.165) is 25.7 Å². The molecule has 0 radical (unpaired) electrons. The smallest absolute Gasteiger partial charge is 0.311 e. The van der Waals surface area contributed by atoms with Crippen LogP contribution in [0.1, 0.15) is 154 Å². The molecule has 0 amide bonds. The van der Waals surface area contributed by atoms with Gasteiger partial charge in [-0.15, -0.1) is 0 Å². The van der Waals surface area contributed by atoms with Crippen LogP contribution in [0.25, 0.3) is 0 Å². The van der Waals surface area contributed by atoms with Gasteiger partial charge in [0.15, 0.2) is 30.3 Å². The molecule has 0 spiro atoms. The van der Waals surface area contributed by atoms with E-state index in [9.17, 15) is 24.0 Å². The van der Waals surface area contributed by atoms with Crippen molar-refractivity contribution in [3.63, 3.8) is 0 Å². The first-order valence-electron chi connectivity index (χ1n) is 19.3. The van der Waals surface area contributed by atoms with Crippen LogP contribution in [0.15, 0.2) is 12.3 Å². The Morgan fingerprint density at radius 3 is 1.58 bits per heavy atom. The van der Waals surface area contributed by atoms with E-state index in [1.54, 1.807) is 89.3 Å². The molecule has 1 saturated heterocycles. The third kappa shape index (κ3) is 13.8. The number of carbonyl (C=O) groups is 5. The van der Waals surface area contributed by atoms with E-state index in [1.807, 2.05) is 4.90 Å². The molecule has 2 rings (SSSR count). The number of rotatable bonds is 15. The lowest BCUT2D eigenvalue weighted by molar-refractivity contribution is -0.283. The predicted octanol–water partition coefficient (Wildman–Crippen LogP) is 7.86. The zero-order valence-corrected chi connectivity index (χ0v) is 34.4. The van der Waals surface area contributed by atoms with Gasteiger partial charge in [-0.1, -0.05) is 58.3 Å². The molecule has 2 heterocycles. The van der Waals surface area contributed by atoms with Crippen molar-refractivity contribution in [2.45, 2.75) is 191 Å². The molecule has 11 nitrogen and oxygen atoms in total. The summed E-state index contributed by atoms with van der Waals surface area (Å²) in [5.74, 6) is -2.35. The molecule has 0 aliphatic carbocycles. The standard InChI is InChI=1S/C41H69NO10/c1-14-15-16-17-18-19-20-21-22-27-25-28(43)23-24-42(27)33-32(52-37(47)41(11,12)13)31(51-36(46)40(8,9)10)30(50-35(45)39(5,6)7)29(49-33)26-48-34(44)38(2,3)4/h23-24,27,29-33H,14-22,25-26H2,1-13H3/t27-,29-,30+,31+,32-,33-/m1/s1. The van der Waals surface area contributed by atoms with Gasteiger partial charge in [0.1, 0.15) is 12.7 Å². The highest BCUT2D eigenvalue weighted by atomic mass is 16.7. The fraction of sp³-hybridized carbons (Fsp3) is 0.829. The number of allylic oxidation sites excluding steroid dienone is 1. The molecule has 0 bridgehead atoms. The summed E-state index contributed by atoms with van der Waals surface area (Å²) in [5.41, 5.74) is -3.73. The normalized spacial score (nSPS) is 24.3. The van der Waals surface area contributed by atoms with Crippen LogP contribution in [0, 0.1) is 21.7 Å². The Morgan fingerprint density at radius 2 is 1.10 bits per heavy atom. The van der Waals surface area contributed by atoms with Crippen LogP contribution in [-0.4, -0.2) is 77.9 Å². The Balaban J connectivity index is 2.67. The first-order valence-corrected chi connectivity index (χ1v) is 19.3. The molecular formula is C41H69NO10. The van der Waals surface area contributed by atoms with Crippen LogP contribution >= 0.6 is 0 Å². The number of ketones is 1. The molecule has 0 aromatic rings. The second-order valence-corrected chi connectivity index (χ2v) is 18.6. The van der Waals surface area contributed by atoms with Crippen molar-refractivity contribution in [2.75, 3.05) is 6.61 Å². The zero-order chi connectivity index (χ0) is 39.7. The van der Waals surface area contributed by atoms with Crippen molar-refractivity contribution >= 4 is 29.7 Å². The second kappa shape index (κ2) is 18.9. The topological polar surface area (TPSA) is 135 Å². The molecule has 6 atom stereocenters. The van der Waals surface area contributed by atoms with Crippen LogP contribution in [0.3, 0.4) is 0 Å². The van der Waals surface area contributed by atoms with Crippen molar-refractivity contribution < 1.29 is 47.7 Å². The summed E-state index contributed by atoms with van der Waals surface area (Å²) in [5, 5.41) is 0. The van der Waals surface area contributed by atoms with E-state index in [0.29, 0.717) is 6.42 Å². The molecule has 2 aliphatic heterocycles. The van der Waals surface area contributed by atoms with Gasteiger partial charge in [0.25, 0.3) is 0 Å². The number of hydrogen-bond donors (Lipinski definition) is 0. The molecular weight excluding hydrogens is 666 g/mol. The van der Waals surface area contributed by atoms with Crippen molar-refractivity contribution in [3.05, 3.63) is 12.3 Å². The summed E-state index contributed by atoms with van der Waals surface area (Å²) in [4.78, 5) is 68.6. The molecule has 0 saturated carbocycles. The quantitative estimate of drug-likeness (QED) is 0.0924. The number of unbranched alkanes of at least 4 members (excludes halogenated alkanes) is 7. The summed E-state index contributed by atoms with van der Waals surface area (Å²) in [6.07, 6.45) is 6.84. The fourth-order valence-corrected chi connectivity index (χ4v) is 5.70. The second-order valence-electron chi connectivity index (χ2n) is 18.6. The lowest BCUT2D eigenvalue weighted by Crippen LogP contribution is -2.67. The first-order chi connectivity index (χ1) is 23.9. The number of hydrogen-bond acceptors (Lipinski definition) is 11. The molecule has 0 aromatic heterocycles. The minimum absolute atomic E-state index is 0.0387. The molecule has 0 N–H and O–H groups in total. The third-order valence-corrected chi connectivity index (χ3v) is 9.14. The predicted molar refractivity (Wildman–Crippen MR) is 199 cm³/mol. The van der Waals surface area contributed by atoms with E-state index >= 15 is 0 Å². The van der Waals surface area contributed by atoms with Gasteiger partial charge in [0, 0.05) is 18.7 Å². The maximum atomic E-state index is 13.7. The summed E-state index contributed by atoms with van der Waals surface area (Å²) in [6.45, 7) is 22.3. The van der Waals surface area contributed by atoms with E-state index < -0.39 is 76.2 Å². The molecule has 11 heteroatoms. The fourth-order valence-electron chi connectivity index (χ4n) is 5.70.